The van der Waals surface area contributed by atoms with Crippen LogP contribution in [0.5, 0.6) is 0 Å². The van der Waals surface area contributed by atoms with Crippen molar-refractivity contribution in [1.82, 2.24) is 15.3 Å². The van der Waals surface area contributed by atoms with E-state index in [1.54, 1.807) is 18.2 Å². The van der Waals surface area contributed by atoms with Gasteiger partial charge in [0.15, 0.2) is 12.2 Å². The molecule has 0 unspecified atom stereocenters. The number of ether oxygens (including phenoxy) is 4. The van der Waals surface area contributed by atoms with Crippen LogP contribution in [0.15, 0.2) is 30.5 Å². The summed E-state index contributed by atoms with van der Waals surface area (Å²) in [4.78, 5) is 56.2. The number of benzene rings is 1. The molecule has 11 nitrogen and oxygen atoms in total. The van der Waals surface area contributed by atoms with Gasteiger partial charge in [0, 0.05) is 27.7 Å². The SMILES string of the molecule is CC(=O)N[C@@H]1[C@@H](OC(C)=O)[C@H](OC(C)=O)[C@@H](COC(C)=O)O[C@H]1c1cnc2ccccc2n1. The summed E-state index contributed by atoms with van der Waals surface area (Å²) in [5.41, 5.74) is 1.58. The summed E-state index contributed by atoms with van der Waals surface area (Å²) >= 11 is 0. The van der Waals surface area contributed by atoms with E-state index >= 15 is 0 Å². The van der Waals surface area contributed by atoms with Gasteiger partial charge in [0.1, 0.15) is 24.9 Å². The van der Waals surface area contributed by atoms with Crippen molar-refractivity contribution in [2.75, 3.05) is 6.61 Å². The lowest BCUT2D eigenvalue weighted by molar-refractivity contribution is -0.225. The number of nitrogens with one attached hydrogen (secondary N) is 1. The summed E-state index contributed by atoms with van der Waals surface area (Å²) in [6.07, 6.45) is -2.79. The number of amides is 1. The van der Waals surface area contributed by atoms with Crippen LogP contribution in [0.3, 0.4) is 0 Å². The van der Waals surface area contributed by atoms with E-state index < -0.39 is 54.3 Å². The zero-order valence-electron chi connectivity index (χ0n) is 18.6. The number of carbonyl (C=O) groups excluding carboxylic acids is 4. The van der Waals surface area contributed by atoms with Crippen LogP contribution in [-0.2, 0) is 38.1 Å². The van der Waals surface area contributed by atoms with Gasteiger partial charge in [0.2, 0.25) is 5.91 Å². The molecule has 5 atom stereocenters. The molecule has 1 aliphatic heterocycles. The summed E-state index contributed by atoms with van der Waals surface area (Å²) in [5, 5.41) is 2.71. The van der Waals surface area contributed by atoms with Crippen molar-refractivity contribution in [2.24, 2.45) is 0 Å². The molecule has 176 valence electrons. The quantitative estimate of drug-likeness (QED) is 0.491. The summed E-state index contributed by atoms with van der Waals surface area (Å²) in [5.74, 6) is -2.34. The molecular formula is C22H25N3O8. The molecule has 0 aliphatic carbocycles. The van der Waals surface area contributed by atoms with Crippen LogP contribution in [0, 0.1) is 0 Å². The number of carbonyl (C=O) groups is 4. The van der Waals surface area contributed by atoms with Crippen molar-refractivity contribution in [3.8, 4) is 0 Å². The molecule has 1 N–H and O–H groups in total. The Morgan fingerprint density at radius 1 is 0.939 bits per heavy atom. The van der Waals surface area contributed by atoms with E-state index in [2.05, 4.69) is 15.3 Å². The molecular weight excluding hydrogens is 434 g/mol. The summed E-state index contributed by atoms with van der Waals surface area (Å²) in [7, 11) is 0. The van der Waals surface area contributed by atoms with Gasteiger partial charge in [-0.3, -0.25) is 24.2 Å². The highest BCUT2D eigenvalue weighted by atomic mass is 16.6. The van der Waals surface area contributed by atoms with Crippen molar-refractivity contribution in [3.63, 3.8) is 0 Å². The second-order valence-corrected chi connectivity index (χ2v) is 7.56. The predicted octanol–water partition coefficient (Wildman–Crippen LogP) is 1.00. The van der Waals surface area contributed by atoms with Gasteiger partial charge in [0.05, 0.1) is 22.9 Å². The third-order valence-corrected chi connectivity index (χ3v) is 4.88. The van der Waals surface area contributed by atoms with Crippen LogP contribution in [0.2, 0.25) is 0 Å². The normalized spacial score (nSPS) is 24.5. The lowest BCUT2D eigenvalue weighted by atomic mass is 9.90. The number of hydrogen-bond donors (Lipinski definition) is 1. The highest BCUT2D eigenvalue weighted by Gasteiger charge is 2.51. The lowest BCUT2D eigenvalue weighted by Crippen LogP contribution is -2.63. The van der Waals surface area contributed by atoms with Crippen molar-refractivity contribution in [3.05, 3.63) is 36.2 Å². The Morgan fingerprint density at radius 3 is 2.18 bits per heavy atom. The fraction of sp³-hybridized carbons (Fsp3) is 0.455. The molecule has 1 aromatic carbocycles. The lowest BCUT2D eigenvalue weighted by Gasteiger charge is -2.45. The summed E-state index contributed by atoms with van der Waals surface area (Å²) < 4.78 is 22.1. The molecule has 0 saturated carbocycles. The standard InChI is InChI=1S/C22H25N3O8/c1-11(26)24-19-20(17-9-23-15-7-5-6-8-16(15)25-17)33-18(10-30-12(2)27)21(31-13(3)28)22(19)32-14(4)29/h5-9,18-22H,10H2,1-4H3,(H,24,26)/t18-,19+,20+,21-,22-/m1/s1. The van der Waals surface area contributed by atoms with Gasteiger partial charge in [0.25, 0.3) is 0 Å². The summed E-state index contributed by atoms with van der Waals surface area (Å²) in [6.45, 7) is 4.60. The van der Waals surface area contributed by atoms with Crippen LogP contribution < -0.4 is 5.32 Å². The second kappa shape index (κ2) is 10.3. The number of rotatable bonds is 6. The summed E-state index contributed by atoms with van der Waals surface area (Å²) in [6, 6.07) is 6.21. The Balaban J connectivity index is 2.09. The minimum absolute atomic E-state index is 0.282. The molecule has 0 spiro atoms. The van der Waals surface area contributed by atoms with Crippen LogP contribution in [-0.4, -0.2) is 64.7 Å². The van der Waals surface area contributed by atoms with Gasteiger partial charge in [-0.25, -0.2) is 4.98 Å². The van der Waals surface area contributed by atoms with E-state index in [1.807, 2.05) is 6.07 Å². The molecule has 0 radical (unpaired) electrons. The molecule has 1 saturated heterocycles. The highest BCUT2D eigenvalue weighted by molar-refractivity contribution is 5.75. The molecule has 3 rings (SSSR count). The van der Waals surface area contributed by atoms with E-state index in [-0.39, 0.29) is 6.61 Å². The first-order chi connectivity index (χ1) is 15.7. The maximum Gasteiger partial charge on any atom is 0.303 e. The Labute approximate surface area is 189 Å². The number of aromatic nitrogens is 2. The molecule has 2 heterocycles. The van der Waals surface area contributed by atoms with Gasteiger partial charge in [-0.15, -0.1) is 0 Å². The fourth-order valence-corrected chi connectivity index (χ4v) is 3.69. The average Bonchev–Trinajstić information content (AvgIpc) is 2.74. The van der Waals surface area contributed by atoms with Crippen LogP contribution in [0.1, 0.15) is 39.5 Å². The third kappa shape index (κ3) is 6.01. The maximum absolute atomic E-state index is 12.0. The van der Waals surface area contributed by atoms with Crippen molar-refractivity contribution >= 4 is 34.8 Å². The van der Waals surface area contributed by atoms with Gasteiger partial charge >= 0.3 is 17.9 Å². The predicted molar refractivity (Wildman–Crippen MR) is 112 cm³/mol. The number of esters is 3. The molecule has 1 aliphatic rings. The molecule has 11 heteroatoms. The molecule has 33 heavy (non-hydrogen) atoms. The molecule has 0 bridgehead atoms. The van der Waals surface area contributed by atoms with E-state index in [0.717, 1.165) is 0 Å². The van der Waals surface area contributed by atoms with Crippen molar-refractivity contribution in [1.29, 1.82) is 0 Å². The molecule has 2 aromatic rings. The zero-order valence-corrected chi connectivity index (χ0v) is 18.6. The van der Waals surface area contributed by atoms with Crippen LogP contribution >= 0.6 is 0 Å². The first kappa shape index (κ1) is 24.1. The number of hydrogen-bond acceptors (Lipinski definition) is 10. The number of nitrogens with zero attached hydrogens (tertiary/aromatic N) is 2. The van der Waals surface area contributed by atoms with E-state index in [0.29, 0.717) is 16.7 Å². The van der Waals surface area contributed by atoms with Crippen molar-refractivity contribution in [2.45, 2.75) is 58.2 Å². The van der Waals surface area contributed by atoms with Gasteiger partial charge < -0.3 is 24.3 Å². The first-order valence-corrected chi connectivity index (χ1v) is 10.3. The largest absolute Gasteiger partial charge is 0.463 e. The molecule has 1 fully saturated rings. The Bertz CT molecular complexity index is 1060. The molecule has 1 amide bonds. The zero-order chi connectivity index (χ0) is 24.1. The van der Waals surface area contributed by atoms with E-state index in [4.69, 9.17) is 18.9 Å². The Morgan fingerprint density at radius 2 is 1.58 bits per heavy atom. The Kier molecular flexibility index (Phi) is 7.54. The minimum Gasteiger partial charge on any atom is -0.463 e. The smallest absolute Gasteiger partial charge is 0.303 e. The van der Waals surface area contributed by atoms with Crippen LogP contribution in [0.4, 0.5) is 0 Å². The number of para-hydroxylation sites is 2. The van der Waals surface area contributed by atoms with Gasteiger partial charge in [-0.1, -0.05) is 12.1 Å². The average molecular weight is 459 g/mol. The van der Waals surface area contributed by atoms with Crippen molar-refractivity contribution < 1.29 is 38.1 Å². The minimum atomic E-state index is -1.16. The maximum atomic E-state index is 12.0. The fourth-order valence-electron chi connectivity index (χ4n) is 3.69. The first-order valence-electron chi connectivity index (χ1n) is 10.3. The van der Waals surface area contributed by atoms with Gasteiger partial charge in [-0.05, 0) is 12.1 Å². The third-order valence-electron chi connectivity index (χ3n) is 4.88. The monoisotopic (exact) mass is 459 g/mol. The topological polar surface area (TPSA) is 143 Å². The van der Waals surface area contributed by atoms with E-state index in [9.17, 15) is 19.2 Å². The molecule has 1 aromatic heterocycles. The van der Waals surface area contributed by atoms with Crippen LogP contribution in [0.25, 0.3) is 11.0 Å². The van der Waals surface area contributed by atoms with Gasteiger partial charge in [-0.2, -0.15) is 0 Å². The number of fused-ring (bicyclic) bond motifs is 1. The highest BCUT2D eigenvalue weighted by Crippen LogP contribution is 2.35. The van der Waals surface area contributed by atoms with E-state index in [1.165, 1.54) is 33.9 Å². The Hall–Kier alpha value is -3.60. The second-order valence-electron chi connectivity index (χ2n) is 7.56.